The van der Waals surface area contributed by atoms with Gasteiger partial charge in [-0.2, -0.15) is 0 Å². The maximum Gasteiger partial charge on any atom is 0.239 e. The van der Waals surface area contributed by atoms with Crippen molar-refractivity contribution in [1.29, 1.82) is 0 Å². The van der Waals surface area contributed by atoms with E-state index >= 15 is 0 Å². The summed E-state index contributed by atoms with van der Waals surface area (Å²) in [5, 5.41) is 3.46. The van der Waals surface area contributed by atoms with Gasteiger partial charge in [-0.05, 0) is 18.6 Å². The highest BCUT2D eigenvalue weighted by Gasteiger charge is 2.15. The second-order valence-corrected chi connectivity index (χ2v) is 6.74. The zero-order valence-corrected chi connectivity index (χ0v) is 12.0. The molecule has 0 aliphatic heterocycles. The summed E-state index contributed by atoms with van der Waals surface area (Å²) in [5.41, 5.74) is 1.32. The summed E-state index contributed by atoms with van der Waals surface area (Å²) in [4.78, 5) is 15.9. The lowest BCUT2D eigenvalue weighted by Gasteiger charge is -2.06. The number of aromatic nitrogens is 1. The third-order valence-electron chi connectivity index (χ3n) is 2.74. The topological polar surface area (TPSA) is 76.1 Å². The maximum atomic E-state index is 11.7. The van der Waals surface area contributed by atoms with Crippen molar-refractivity contribution in [2.45, 2.75) is 13.3 Å². The number of rotatable bonds is 5. The number of hydrogen-bond donors (Lipinski definition) is 1. The summed E-state index contributed by atoms with van der Waals surface area (Å²) in [7, 11) is -3.33. The molecule has 1 aromatic carbocycles. The number of nitrogens with zero attached hydrogens (tertiary/aromatic N) is 1. The van der Waals surface area contributed by atoms with Gasteiger partial charge < -0.3 is 5.32 Å². The summed E-state index contributed by atoms with van der Waals surface area (Å²) in [5.74, 6) is -1.00. The van der Waals surface area contributed by atoms with E-state index in [2.05, 4.69) is 10.3 Å². The Bertz CT molecular complexity index is 726. The average Bonchev–Trinajstić information content (AvgIpc) is 2.37. The minimum absolute atomic E-state index is 0.0242. The molecule has 0 bridgehead atoms. The van der Waals surface area contributed by atoms with Crippen LogP contribution in [0.25, 0.3) is 10.9 Å². The molecular formula is C14H16N2O3S. The quantitative estimate of drug-likeness (QED) is 0.914. The first kappa shape index (κ1) is 14.5. The van der Waals surface area contributed by atoms with Crippen LogP contribution in [0.15, 0.2) is 36.5 Å². The minimum Gasteiger partial charge on any atom is -0.324 e. The molecule has 0 saturated heterocycles. The van der Waals surface area contributed by atoms with Gasteiger partial charge in [0, 0.05) is 5.39 Å². The van der Waals surface area contributed by atoms with Crippen molar-refractivity contribution in [3.8, 4) is 0 Å². The molecule has 0 saturated carbocycles. The van der Waals surface area contributed by atoms with E-state index in [1.54, 1.807) is 13.0 Å². The van der Waals surface area contributed by atoms with Crippen LogP contribution in [0.4, 0.5) is 5.69 Å². The summed E-state index contributed by atoms with van der Waals surface area (Å²) < 4.78 is 23.1. The molecular weight excluding hydrogens is 276 g/mol. The molecule has 0 aliphatic carbocycles. The smallest absolute Gasteiger partial charge is 0.239 e. The Balaban J connectivity index is 2.10. The summed E-state index contributed by atoms with van der Waals surface area (Å²) in [6, 6.07) is 9.28. The monoisotopic (exact) mass is 292 g/mol. The van der Waals surface area contributed by atoms with E-state index in [0.29, 0.717) is 12.1 Å². The lowest BCUT2D eigenvalue weighted by atomic mass is 10.2. The van der Waals surface area contributed by atoms with Crippen LogP contribution >= 0.6 is 0 Å². The van der Waals surface area contributed by atoms with Crippen LogP contribution < -0.4 is 5.32 Å². The first-order chi connectivity index (χ1) is 9.50. The molecule has 5 nitrogen and oxygen atoms in total. The van der Waals surface area contributed by atoms with Crippen LogP contribution in [0, 0.1) is 0 Å². The molecule has 0 unspecified atom stereocenters. The van der Waals surface area contributed by atoms with Crippen molar-refractivity contribution in [3.05, 3.63) is 36.5 Å². The van der Waals surface area contributed by atoms with Crippen LogP contribution in [0.5, 0.6) is 0 Å². The largest absolute Gasteiger partial charge is 0.324 e. The van der Waals surface area contributed by atoms with Crippen molar-refractivity contribution < 1.29 is 13.2 Å². The minimum atomic E-state index is -3.33. The number of pyridine rings is 1. The molecule has 1 N–H and O–H groups in total. The molecule has 0 atom stereocenters. The normalized spacial score (nSPS) is 11.4. The Morgan fingerprint density at radius 2 is 2.05 bits per heavy atom. The van der Waals surface area contributed by atoms with Crippen molar-refractivity contribution in [1.82, 2.24) is 4.98 Å². The third kappa shape index (κ3) is 3.77. The Morgan fingerprint density at radius 1 is 1.30 bits per heavy atom. The van der Waals surface area contributed by atoms with Crippen LogP contribution in [0.2, 0.25) is 0 Å². The number of para-hydroxylation sites is 1. The molecule has 0 aliphatic rings. The maximum absolute atomic E-state index is 11.7. The van der Waals surface area contributed by atoms with E-state index in [9.17, 15) is 13.2 Å². The van der Waals surface area contributed by atoms with Gasteiger partial charge >= 0.3 is 0 Å². The summed E-state index contributed by atoms with van der Waals surface area (Å²) in [6.45, 7) is 1.77. The molecule has 0 radical (unpaired) electrons. The van der Waals surface area contributed by atoms with Gasteiger partial charge in [0.15, 0.2) is 9.84 Å². The molecule has 2 rings (SSSR count). The number of carbonyl (C=O) groups is 1. The number of fused-ring (bicyclic) bond motifs is 1. The lowest BCUT2D eigenvalue weighted by Crippen LogP contribution is -2.24. The zero-order chi connectivity index (χ0) is 14.6. The molecule has 0 fully saturated rings. The van der Waals surface area contributed by atoms with Crippen molar-refractivity contribution in [2.75, 3.05) is 16.8 Å². The van der Waals surface area contributed by atoms with Gasteiger partial charge in [0.25, 0.3) is 0 Å². The van der Waals surface area contributed by atoms with Crippen LogP contribution in [0.1, 0.15) is 13.3 Å². The number of amides is 1. The standard InChI is InChI=1S/C14H16N2O3S/c1-2-7-20(18,19)10-14(17)16-12-8-11-5-3-4-6-13(11)15-9-12/h3-6,8-9H,2,7,10H2,1H3,(H,16,17). The molecule has 1 aromatic heterocycles. The van der Waals surface area contributed by atoms with Gasteiger partial charge in [-0.25, -0.2) is 8.42 Å². The summed E-state index contributed by atoms with van der Waals surface area (Å²) in [6.07, 6.45) is 2.03. The molecule has 6 heteroatoms. The number of carbonyl (C=O) groups excluding carboxylic acids is 1. The molecule has 20 heavy (non-hydrogen) atoms. The first-order valence-electron chi connectivity index (χ1n) is 6.35. The van der Waals surface area contributed by atoms with Gasteiger partial charge in [-0.1, -0.05) is 25.1 Å². The second-order valence-electron chi connectivity index (χ2n) is 4.56. The van der Waals surface area contributed by atoms with E-state index in [0.717, 1.165) is 10.9 Å². The highest BCUT2D eigenvalue weighted by atomic mass is 32.2. The lowest BCUT2D eigenvalue weighted by molar-refractivity contribution is -0.113. The van der Waals surface area contributed by atoms with Gasteiger partial charge in [0.05, 0.1) is 23.2 Å². The highest BCUT2D eigenvalue weighted by molar-refractivity contribution is 7.92. The van der Waals surface area contributed by atoms with E-state index in [1.807, 2.05) is 24.3 Å². The van der Waals surface area contributed by atoms with Gasteiger partial charge in [-0.3, -0.25) is 9.78 Å². The Kier molecular flexibility index (Phi) is 4.34. The molecule has 2 aromatic rings. The number of nitrogens with one attached hydrogen (secondary N) is 1. The first-order valence-corrected chi connectivity index (χ1v) is 8.17. The van der Waals surface area contributed by atoms with E-state index in [4.69, 9.17) is 0 Å². The Hall–Kier alpha value is -1.95. The molecule has 106 valence electrons. The van der Waals surface area contributed by atoms with Crippen LogP contribution in [-0.4, -0.2) is 30.8 Å². The third-order valence-corrected chi connectivity index (χ3v) is 4.47. The predicted octanol–water partition coefficient (Wildman–Crippen LogP) is 2.00. The average molecular weight is 292 g/mol. The van der Waals surface area contributed by atoms with E-state index < -0.39 is 21.5 Å². The zero-order valence-electron chi connectivity index (χ0n) is 11.2. The van der Waals surface area contributed by atoms with Crippen molar-refractivity contribution >= 4 is 32.3 Å². The Morgan fingerprint density at radius 3 is 2.80 bits per heavy atom. The Labute approximate surface area is 117 Å². The van der Waals surface area contributed by atoms with Gasteiger partial charge in [0.2, 0.25) is 5.91 Å². The van der Waals surface area contributed by atoms with Gasteiger partial charge in [0.1, 0.15) is 5.75 Å². The second kappa shape index (κ2) is 6.00. The summed E-state index contributed by atoms with van der Waals surface area (Å²) >= 11 is 0. The van der Waals surface area contributed by atoms with E-state index in [-0.39, 0.29) is 5.75 Å². The molecule has 1 amide bonds. The van der Waals surface area contributed by atoms with Crippen LogP contribution in [0.3, 0.4) is 0 Å². The van der Waals surface area contributed by atoms with Gasteiger partial charge in [-0.15, -0.1) is 0 Å². The number of hydrogen-bond acceptors (Lipinski definition) is 4. The van der Waals surface area contributed by atoms with Crippen molar-refractivity contribution in [3.63, 3.8) is 0 Å². The highest BCUT2D eigenvalue weighted by Crippen LogP contribution is 2.16. The molecule has 1 heterocycles. The number of sulfone groups is 1. The van der Waals surface area contributed by atoms with E-state index in [1.165, 1.54) is 6.20 Å². The number of benzene rings is 1. The predicted molar refractivity (Wildman–Crippen MR) is 79.3 cm³/mol. The van der Waals surface area contributed by atoms with Crippen LogP contribution in [-0.2, 0) is 14.6 Å². The number of anilines is 1. The fourth-order valence-electron chi connectivity index (χ4n) is 1.92. The molecule has 0 spiro atoms. The fraction of sp³-hybridized carbons (Fsp3) is 0.286. The fourth-order valence-corrected chi connectivity index (χ4v) is 3.16. The SMILES string of the molecule is CCCS(=O)(=O)CC(=O)Nc1cnc2ccccc2c1. The van der Waals surface area contributed by atoms with Crippen molar-refractivity contribution in [2.24, 2.45) is 0 Å².